The van der Waals surface area contributed by atoms with E-state index in [1.165, 1.54) is 11.3 Å². The summed E-state index contributed by atoms with van der Waals surface area (Å²) in [6, 6.07) is 0. The Morgan fingerprint density at radius 2 is 2.18 bits per heavy atom. The normalized spacial score (nSPS) is 20.7. The molecule has 122 valence electrons. The summed E-state index contributed by atoms with van der Waals surface area (Å²) in [5, 5.41) is 0. The second-order valence-corrected chi connectivity index (χ2v) is 6.95. The maximum Gasteiger partial charge on any atom is 0.409 e. The summed E-state index contributed by atoms with van der Waals surface area (Å²) in [7, 11) is 0. The van der Waals surface area contributed by atoms with E-state index in [0.29, 0.717) is 37.4 Å². The third kappa shape index (κ3) is 2.95. The van der Waals surface area contributed by atoms with Gasteiger partial charge in [-0.1, -0.05) is 0 Å². The van der Waals surface area contributed by atoms with Crippen LogP contribution in [0.2, 0.25) is 0 Å². The lowest BCUT2D eigenvalue weighted by Crippen LogP contribution is -2.34. The molecule has 1 aliphatic heterocycles. The molecule has 0 bridgehead atoms. The van der Waals surface area contributed by atoms with Gasteiger partial charge in [0, 0.05) is 28.8 Å². The Kier molecular flexibility index (Phi) is 4.09. The van der Waals surface area contributed by atoms with E-state index < -0.39 is 12.6 Å². The van der Waals surface area contributed by atoms with Crippen LogP contribution in [0.15, 0.2) is 0 Å². The fourth-order valence-corrected chi connectivity index (χ4v) is 4.92. The quantitative estimate of drug-likeness (QED) is 0.821. The summed E-state index contributed by atoms with van der Waals surface area (Å²) in [6.07, 6.45) is -3.16. The van der Waals surface area contributed by atoms with Crippen LogP contribution >= 0.6 is 11.3 Å². The summed E-state index contributed by atoms with van der Waals surface area (Å²) in [5.74, 6) is 0.162. The van der Waals surface area contributed by atoms with Crippen LogP contribution in [0.1, 0.15) is 40.1 Å². The molecular formula is C15H18F3NO2S. The van der Waals surface area contributed by atoms with Crippen LogP contribution in [0.25, 0.3) is 0 Å². The molecule has 0 fully saturated rings. The predicted octanol–water partition coefficient (Wildman–Crippen LogP) is 3.90. The maximum absolute atomic E-state index is 12.7. The van der Waals surface area contributed by atoms with Gasteiger partial charge in [-0.25, -0.2) is 4.79 Å². The molecule has 2 heterocycles. The second kappa shape index (κ2) is 5.76. The summed E-state index contributed by atoms with van der Waals surface area (Å²) >= 11 is 1.29. The standard InChI is InChI=1S/C15H18F3NO2S/c1-2-21-14(20)19-6-5-11-13-9(8-19)3-4-10(13)12(22-11)7-15(16,17)18/h9H,2-8H2,1H3/t9-/m0/s1. The molecule has 1 aliphatic carbocycles. The van der Waals surface area contributed by atoms with Gasteiger partial charge in [0.05, 0.1) is 13.0 Å². The van der Waals surface area contributed by atoms with E-state index in [2.05, 4.69) is 0 Å². The molecule has 3 rings (SSSR count). The smallest absolute Gasteiger partial charge is 0.409 e. The number of hydrogen-bond donors (Lipinski definition) is 0. The molecule has 0 aromatic carbocycles. The summed E-state index contributed by atoms with van der Waals surface area (Å²) in [5.41, 5.74) is 1.99. The molecule has 1 aromatic heterocycles. The van der Waals surface area contributed by atoms with Crippen molar-refractivity contribution < 1.29 is 22.7 Å². The average Bonchev–Trinajstić information content (AvgIpc) is 2.90. The highest BCUT2D eigenvalue weighted by molar-refractivity contribution is 7.12. The van der Waals surface area contributed by atoms with E-state index in [9.17, 15) is 18.0 Å². The number of nitrogens with zero attached hydrogens (tertiary/aromatic N) is 1. The van der Waals surface area contributed by atoms with E-state index in [-0.39, 0.29) is 12.0 Å². The van der Waals surface area contributed by atoms with Crippen molar-refractivity contribution in [2.75, 3.05) is 19.7 Å². The van der Waals surface area contributed by atoms with Gasteiger partial charge in [0.15, 0.2) is 0 Å². The number of carbonyl (C=O) groups excluding carboxylic acids is 1. The second-order valence-electron chi connectivity index (χ2n) is 5.76. The molecule has 0 spiro atoms. The van der Waals surface area contributed by atoms with Gasteiger partial charge in [0.2, 0.25) is 0 Å². The summed E-state index contributed by atoms with van der Waals surface area (Å²) in [4.78, 5) is 15.1. The fraction of sp³-hybridized carbons (Fsp3) is 0.667. The number of carbonyl (C=O) groups is 1. The first-order valence-electron chi connectivity index (χ1n) is 7.50. The Bertz CT molecular complexity index is 582. The van der Waals surface area contributed by atoms with Gasteiger partial charge in [0.1, 0.15) is 0 Å². The number of hydrogen-bond acceptors (Lipinski definition) is 3. The molecule has 1 amide bonds. The molecule has 0 saturated heterocycles. The Labute approximate surface area is 131 Å². The van der Waals surface area contributed by atoms with Crippen LogP contribution in [0.3, 0.4) is 0 Å². The number of amides is 1. The maximum atomic E-state index is 12.7. The van der Waals surface area contributed by atoms with Gasteiger partial charge in [-0.3, -0.25) is 0 Å². The number of rotatable bonds is 2. The van der Waals surface area contributed by atoms with Gasteiger partial charge in [-0.2, -0.15) is 13.2 Å². The van der Waals surface area contributed by atoms with Crippen molar-refractivity contribution in [2.45, 2.75) is 44.7 Å². The highest BCUT2D eigenvalue weighted by Gasteiger charge is 2.38. The molecule has 3 nitrogen and oxygen atoms in total. The number of ether oxygens (including phenoxy) is 1. The first-order valence-corrected chi connectivity index (χ1v) is 8.32. The van der Waals surface area contributed by atoms with Crippen molar-refractivity contribution in [1.29, 1.82) is 0 Å². The molecule has 22 heavy (non-hydrogen) atoms. The monoisotopic (exact) mass is 333 g/mol. The van der Waals surface area contributed by atoms with Gasteiger partial charge >= 0.3 is 12.3 Å². The lowest BCUT2D eigenvalue weighted by atomic mass is 10.0. The Morgan fingerprint density at radius 1 is 1.41 bits per heavy atom. The molecule has 2 aliphatic rings. The lowest BCUT2D eigenvalue weighted by molar-refractivity contribution is -0.126. The van der Waals surface area contributed by atoms with Gasteiger partial charge in [-0.05, 0) is 37.3 Å². The lowest BCUT2D eigenvalue weighted by Gasteiger charge is -2.22. The molecule has 0 radical (unpaired) electrons. The van der Waals surface area contributed by atoms with E-state index in [4.69, 9.17) is 4.74 Å². The SMILES string of the molecule is CCOC(=O)N1CCc2sc(CC(F)(F)F)c3c2[C@@H](CC3)C1. The van der Waals surface area contributed by atoms with E-state index in [0.717, 1.165) is 22.4 Å². The van der Waals surface area contributed by atoms with E-state index >= 15 is 0 Å². The minimum atomic E-state index is -4.16. The van der Waals surface area contributed by atoms with Crippen molar-refractivity contribution >= 4 is 17.4 Å². The number of alkyl halides is 3. The average molecular weight is 333 g/mol. The molecule has 1 aromatic rings. The van der Waals surface area contributed by atoms with Crippen molar-refractivity contribution in [1.82, 2.24) is 4.90 Å². The van der Waals surface area contributed by atoms with E-state index in [1.807, 2.05) is 0 Å². The van der Waals surface area contributed by atoms with E-state index in [1.54, 1.807) is 11.8 Å². The zero-order valence-electron chi connectivity index (χ0n) is 12.3. The Hall–Kier alpha value is -1.24. The predicted molar refractivity (Wildman–Crippen MR) is 77.4 cm³/mol. The van der Waals surface area contributed by atoms with Crippen LogP contribution < -0.4 is 0 Å². The molecular weight excluding hydrogens is 315 g/mol. The molecule has 1 atom stereocenters. The molecule has 0 unspecified atom stereocenters. The van der Waals surface area contributed by atoms with Crippen molar-refractivity contribution in [3.05, 3.63) is 20.9 Å². The Morgan fingerprint density at radius 3 is 2.86 bits per heavy atom. The molecule has 0 saturated carbocycles. The van der Waals surface area contributed by atoms with Crippen molar-refractivity contribution in [3.8, 4) is 0 Å². The molecule has 0 N–H and O–H groups in total. The van der Waals surface area contributed by atoms with Crippen LogP contribution in [0.5, 0.6) is 0 Å². The first kappa shape index (κ1) is 15.6. The number of thiophene rings is 1. The summed E-state index contributed by atoms with van der Waals surface area (Å²) < 4.78 is 43.2. The van der Waals surface area contributed by atoms with Gasteiger partial charge < -0.3 is 9.64 Å². The third-order valence-electron chi connectivity index (χ3n) is 4.30. The highest BCUT2D eigenvalue weighted by Crippen LogP contribution is 2.46. The third-order valence-corrected chi connectivity index (χ3v) is 5.60. The van der Waals surface area contributed by atoms with Crippen molar-refractivity contribution in [2.24, 2.45) is 0 Å². The minimum Gasteiger partial charge on any atom is -0.450 e. The molecule has 7 heteroatoms. The van der Waals surface area contributed by atoms with Crippen LogP contribution in [-0.4, -0.2) is 36.9 Å². The van der Waals surface area contributed by atoms with Crippen LogP contribution in [-0.2, 0) is 24.0 Å². The first-order chi connectivity index (χ1) is 10.4. The topological polar surface area (TPSA) is 29.5 Å². The Balaban J connectivity index is 1.83. The van der Waals surface area contributed by atoms with Crippen LogP contribution in [0.4, 0.5) is 18.0 Å². The van der Waals surface area contributed by atoms with Gasteiger partial charge in [-0.15, -0.1) is 11.3 Å². The fourth-order valence-electron chi connectivity index (χ4n) is 3.46. The largest absolute Gasteiger partial charge is 0.450 e. The van der Waals surface area contributed by atoms with Crippen LogP contribution in [0, 0.1) is 0 Å². The minimum absolute atomic E-state index is 0.162. The highest BCUT2D eigenvalue weighted by atomic mass is 32.1. The zero-order chi connectivity index (χ0) is 15.9. The zero-order valence-corrected chi connectivity index (χ0v) is 13.1. The number of halogens is 3. The van der Waals surface area contributed by atoms with Gasteiger partial charge in [0.25, 0.3) is 0 Å². The summed E-state index contributed by atoms with van der Waals surface area (Å²) in [6.45, 7) is 3.18. The van der Waals surface area contributed by atoms with Crippen molar-refractivity contribution in [3.63, 3.8) is 0 Å².